The third kappa shape index (κ3) is 3.94. The summed E-state index contributed by atoms with van der Waals surface area (Å²) in [5, 5.41) is 9.40. The zero-order valence-corrected chi connectivity index (χ0v) is 10.9. The Morgan fingerprint density at radius 3 is 2.83 bits per heavy atom. The molecule has 1 aromatic carbocycles. The topological polar surface area (TPSA) is 49.8 Å². The Morgan fingerprint density at radius 1 is 1.61 bits per heavy atom. The lowest BCUT2D eigenvalue weighted by atomic mass is 10.2. The summed E-state index contributed by atoms with van der Waals surface area (Å²) in [7, 11) is 3.00. The second-order valence-electron chi connectivity index (χ2n) is 3.92. The van der Waals surface area contributed by atoms with Crippen LogP contribution in [0.1, 0.15) is 10.4 Å². The van der Waals surface area contributed by atoms with Gasteiger partial charge in [-0.1, -0.05) is 11.6 Å². The van der Waals surface area contributed by atoms with Crippen LogP contribution in [0.15, 0.2) is 18.2 Å². The van der Waals surface area contributed by atoms with Gasteiger partial charge in [-0.2, -0.15) is 0 Å². The van der Waals surface area contributed by atoms with Gasteiger partial charge in [0, 0.05) is 26.3 Å². The van der Waals surface area contributed by atoms with E-state index in [1.54, 1.807) is 7.05 Å². The standard InChI is InChI=1S/C12H15ClFNO3/c1-15(6-9(16)7-18-2)12(17)8-3-4-11(14)10(13)5-8/h3-5,9,16H,6-7H2,1-2H3. The number of methoxy groups -OCH3 is 1. The fourth-order valence-corrected chi connectivity index (χ4v) is 1.67. The molecule has 1 amide bonds. The largest absolute Gasteiger partial charge is 0.389 e. The Morgan fingerprint density at radius 2 is 2.28 bits per heavy atom. The van der Waals surface area contributed by atoms with Crippen molar-refractivity contribution >= 4 is 17.5 Å². The molecular weight excluding hydrogens is 261 g/mol. The molecule has 1 aromatic rings. The van der Waals surface area contributed by atoms with Crippen molar-refractivity contribution in [1.29, 1.82) is 0 Å². The number of carbonyl (C=O) groups is 1. The summed E-state index contributed by atoms with van der Waals surface area (Å²) in [5.74, 6) is -0.914. The Bertz CT molecular complexity index is 428. The second-order valence-corrected chi connectivity index (χ2v) is 4.33. The number of ether oxygens (including phenoxy) is 1. The zero-order chi connectivity index (χ0) is 13.7. The minimum Gasteiger partial charge on any atom is -0.389 e. The second kappa shape index (κ2) is 6.68. The summed E-state index contributed by atoms with van der Waals surface area (Å²) >= 11 is 5.60. The fourth-order valence-electron chi connectivity index (χ4n) is 1.49. The zero-order valence-electron chi connectivity index (χ0n) is 10.2. The van der Waals surface area contributed by atoms with Crippen LogP contribution in [0.25, 0.3) is 0 Å². The predicted molar refractivity (Wildman–Crippen MR) is 66.3 cm³/mol. The van der Waals surface area contributed by atoms with Crippen LogP contribution in [-0.4, -0.2) is 49.3 Å². The van der Waals surface area contributed by atoms with Crippen molar-refractivity contribution < 1.29 is 19.0 Å². The van der Waals surface area contributed by atoms with Crippen LogP contribution in [0.3, 0.4) is 0 Å². The lowest BCUT2D eigenvalue weighted by Gasteiger charge is -2.20. The maximum atomic E-state index is 13.0. The van der Waals surface area contributed by atoms with E-state index in [4.69, 9.17) is 16.3 Å². The molecule has 6 heteroatoms. The highest BCUT2D eigenvalue weighted by Crippen LogP contribution is 2.17. The maximum Gasteiger partial charge on any atom is 0.253 e. The van der Waals surface area contributed by atoms with Gasteiger partial charge in [0.25, 0.3) is 5.91 Å². The first-order valence-electron chi connectivity index (χ1n) is 5.33. The van der Waals surface area contributed by atoms with E-state index in [-0.39, 0.29) is 29.6 Å². The molecule has 1 atom stereocenters. The molecule has 0 aliphatic rings. The fraction of sp³-hybridized carbons (Fsp3) is 0.417. The highest BCUT2D eigenvalue weighted by Gasteiger charge is 2.16. The van der Waals surface area contributed by atoms with E-state index < -0.39 is 11.9 Å². The first kappa shape index (κ1) is 14.9. The van der Waals surface area contributed by atoms with Gasteiger partial charge in [-0.05, 0) is 18.2 Å². The average Bonchev–Trinajstić information content (AvgIpc) is 2.32. The van der Waals surface area contributed by atoms with Crippen LogP contribution in [0.4, 0.5) is 4.39 Å². The number of likely N-dealkylation sites (N-methyl/N-ethyl adjacent to an activating group) is 1. The Kier molecular flexibility index (Phi) is 5.53. The third-order valence-corrected chi connectivity index (χ3v) is 2.65. The van der Waals surface area contributed by atoms with Crippen LogP contribution in [-0.2, 0) is 4.74 Å². The quantitative estimate of drug-likeness (QED) is 0.887. The highest BCUT2D eigenvalue weighted by molar-refractivity contribution is 6.31. The summed E-state index contributed by atoms with van der Waals surface area (Å²) < 4.78 is 17.7. The van der Waals surface area contributed by atoms with Crippen molar-refractivity contribution in [2.75, 3.05) is 27.3 Å². The van der Waals surface area contributed by atoms with Gasteiger partial charge in [0.05, 0.1) is 17.7 Å². The molecule has 0 aromatic heterocycles. The van der Waals surface area contributed by atoms with Gasteiger partial charge in [-0.25, -0.2) is 4.39 Å². The average molecular weight is 276 g/mol. The molecule has 0 heterocycles. The number of benzene rings is 1. The van der Waals surface area contributed by atoms with Gasteiger partial charge in [0.2, 0.25) is 0 Å². The van der Waals surface area contributed by atoms with Crippen molar-refractivity contribution in [3.63, 3.8) is 0 Å². The van der Waals surface area contributed by atoms with Gasteiger partial charge in [0.1, 0.15) is 5.82 Å². The number of aliphatic hydroxyl groups is 1. The van der Waals surface area contributed by atoms with E-state index in [1.807, 2.05) is 0 Å². The van der Waals surface area contributed by atoms with E-state index in [2.05, 4.69) is 0 Å². The lowest BCUT2D eigenvalue weighted by Crippen LogP contribution is -2.36. The molecule has 0 fully saturated rings. The normalized spacial score (nSPS) is 12.3. The van der Waals surface area contributed by atoms with E-state index in [0.29, 0.717) is 0 Å². The lowest BCUT2D eigenvalue weighted by molar-refractivity contribution is 0.0380. The van der Waals surface area contributed by atoms with Crippen LogP contribution in [0.2, 0.25) is 5.02 Å². The summed E-state index contributed by atoms with van der Waals surface area (Å²) in [6, 6.07) is 3.75. The van der Waals surface area contributed by atoms with E-state index in [1.165, 1.54) is 24.1 Å². The summed E-state index contributed by atoms with van der Waals surface area (Å²) in [5.41, 5.74) is 0.272. The Hall–Kier alpha value is -1.17. The van der Waals surface area contributed by atoms with Crippen molar-refractivity contribution in [2.24, 2.45) is 0 Å². The summed E-state index contributed by atoms with van der Waals surface area (Å²) in [6.07, 6.45) is -0.764. The number of hydrogen-bond donors (Lipinski definition) is 1. The SMILES string of the molecule is COCC(O)CN(C)C(=O)c1ccc(F)c(Cl)c1. The van der Waals surface area contributed by atoms with Crippen LogP contribution in [0.5, 0.6) is 0 Å². The van der Waals surface area contributed by atoms with Crippen molar-refractivity contribution in [1.82, 2.24) is 4.90 Å². The van der Waals surface area contributed by atoms with Gasteiger partial charge >= 0.3 is 0 Å². The van der Waals surface area contributed by atoms with Crippen LogP contribution < -0.4 is 0 Å². The van der Waals surface area contributed by atoms with Gasteiger partial charge < -0.3 is 14.7 Å². The van der Waals surface area contributed by atoms with E-state index >= 15 is 0 Å². The molecule has 0 radical (unpaired) electrons. The van der Waals surface area contributed by atoms with Crippen molar-refractivity contribution in [3.8, 4) is 0 Å². The first-order chi connectivity index (χ1) is 8.45. The molecular formula is C12H15ClFNO3. The summed E-state index contributed by atoms with van der Waals surface area (Å²) in [4.78, 5) is 13.3. The predicted octanol–water partition coefficient (Wildman–Crippen LogP) is 1.56. The Balaban J connectivity index is 2.71. The number of amides is 1. The van der Waals surface area contributed by atoms with Gasteiger partial charge in [0.15, 0.2) is 0 Å². The highest BCUT2D eigenvalue weighted by atomic mass is 35.5. The summed E-state index contributed by atoms with van der Waals surface area (Å²) in [6.45, 7) is 0.267. The maximum absolute atomic E-state index is 13.0. The van der Waals surface area contributed by atoms with Crippen molar-refractivity contribution in [3.05, 3.63) is 34.6 Å². The number of hydrogen-bond acceptors (Lipinski definition) is 3. The number of rotatable bonds is 5. The van der Waals surface area contributed by atoms with E-state index in [0.717, 1.165) is 6.07 Å². The molecule has 0 spiro atoms. The molecule has 1 N–H and O–H groups in total. The van der Waals surface area contributed by atoms with Crippen molar-refractivity contribution in [2.45, 2.75) is 6.10 Å². The van der Waals surface area contributed by atoms with Crippen LogP contribution >= 0.6 is 11.6 Å². The number of aliphatic hydroxyl groups excluding tert-OH is 1. The molecule has 0 aliphatic carbocycles. The number of nitrogens with zero attached hydrogens (tertiary/aromatic N) is 1. The molecule has 0 aliphatic heterocycles. The monoisotopic (exact) mass is 275 g/mol. The minimum absolute atomic E-state index is 0.105. The number of carbonyl (C=O) groups excluding carboxylic acids is 1. The molecule has 1 rings (SSSR count). The molecule has 0 saturated carbocycles. The third-order valence-electron chi connectivity index (χ3n) is 2.36. The molecule has 18 heavy (non-hydrogen) atoms. The van der Waals surface area contributed by atoms with Crippen LogP contribution in [0, 0.1) is 5.82 Å². The number of halogens is 2. The molecule has 0 saturated heterocycles. The molecule has 4 nitrogen and oxygen atoms in total. The Labute approximate surface area is 110 Å². The molecule has 100 valence electrons. The molecule has 0 bridgehead atoms. The van der Waals surface area contributed by atoms with Gasteiger partial charge in [-0.15, -0.1) is 0 Å². The minimum atomic E-state index is -0.764. The van der Waals surface area contributed by atoms with E-state index in [9.17, 15) is 14.3 Å². The van der Waals surface area contributed by atoms with Gasteiger partial charge in [-0.3, -0.25) is 4.79 Å². The first-order valence-corrected chi connectivity index (χ1v) is 5.71. The smallest absolute Gasteiger partial charge is 0.253 e. The molecule has 1 unspecified atom stereocenters.